The molecule has 2 aromatic rings. The average molecular weight is 529 g/mol. The molecule has 2 atom stereocenters. The average Bonchev–Trinajstić information content (AvgIpc) is 2.59. The Morgan fingerprint density at radius 2 is 1.92 bits per heavy atom. The maximum absolute atomic E-state index is 13.3. The molecular weight excluding hydrogens is 511 g/mol. The molecule has 1 saturated heterocycles. The molecule has 0 aliphatic carbocycles. The molecule has 1 aliphatic heterocycles. The van der Waals surface area contributed by atoms with Gasteiger partial charge < -0.3 is 0 Å². The molecule has 0 saturated carbocycles. The van der Waals surface area contributed by atoms with E-state index in [4.69, 9.17) is 9.47 Å². The predicted octanol–water partition coefficient (Wildman–Crippen LogP) is 3.04. The fraction of sp³-hybridized carbons (Fsp3) is 0.333. The molecule has 1 aliphatic rings. The molecule has 6 heteroatoms. The molecule has 0 spiro atoms. The Balaban J connectivity index is 1.56. The summed E-state index contributed by atoms with van der Waals surface area (Å²) in [5, 5.41) is 9.71. The van der Waals surface area contributed by atoms with Crippen molar-refractivity contribution in [3.05, 3.63) is 54.1 Å². The van der Waals surface area contributed by atoms with Crippen molar-refractivity contribution in [3.63, 3.8) is 0 Å². The number of aromatic hydroxyl groups is 1. The van der Waals surface area contributed by atoms with E-state index < -0.39 is 35.2 Å². The van der Waals surface area contributed by atoms with E-state index in [1.165, 1.54) is 3.22 Å². The van der Waals surface area contributed by atoms with Gasteiger partial charge in [-0.1, -0.05) is 0 Å². The van der Waals surface area contributed by atoms with Gasteiger partial charge in [0.05, 0.1) is 0 Å². The van der Waals surface area contributed by atoms with Gasteiger partial charge >= 0.3 is 151 Å². The first kappa shape index (κ1) is 17.6. The second-order valence-corrected chi connectivity index (χ2v) is 9.87. The van der Waals surface area contributed by atoms with Gasteiger partial charge in [0.1, 0.15) is 0 Å². The van der Waals surface area contributed by atoms with Crippen LogP contribution in [-0.2, 0) is 4.74 Å². The molecule has 0 aromatic heterocycles. The van der Waals surface area contributed by atoms with Crippen LogP contribution in [-0.4, -0.2) is 47.5 Å². The molecule has 128 valence electrons. The molecule has 0 amide bonds. The quantitative estimate of drug-likeness (QED) is 0.648. The van der Waals surface area contributed by atoms with E-state index in [-0.39, 0.29) is 23.7 Å². The molecule has 1 unspecified atom stereocenters. The number of ether oxygens (including phenoxy) is 2. The summed E-state index contributed by atoms with van der Waals surface area (Å²) in [6.45, 7) is 0.577. The Labute approximate surface area is 151 Å². The van der Waals surface area contributed by atoms with Crippen LogP contribution in [0, 0.1) is 11.6 Å². The van der Waals surface area contributed by atoms with Gasteiger partial charge in [-0.15, -0.1) is 0 Å². The summed E-state index contributed by atoms with van der Waals surface area (Å²) in [6.07, 6.45) is 1.34. The number of hydrogen-bond acceptors (Lipinski definition) is 3. The van der Waals surface area contributed by atoms with Gasteiger partial charge in [-0.3, -0.25) is 0 Å². The van der Waals surface area contributed by atoms with Crippen LogP contribution in [0.2, 0.25) is 4.08 Å². The molecule has 3 rings (SSSR count). The summed E-state index contributed by atoms with van der Waals surface area (Å²) in [4.78, 5) is 0. The van der Waals surface area contributed by atoms with Gasteiger partial charge in [0.15, 0.2) is 0 Å². The number of halogens is 2. The van der Waals surface area contributed by atoms with Gasteiger partial charge in [0.25, 0.3) is 0 Å². The molecule has 2 aromatic carbocycles. The van der Waals surface area contributed by atoms with Crippen LogP contribution in [0.4, 0.5) is 8.78 Å². The summed E-state index contributed by atoms with van der Waals surface area (Å²) in [6, 6.07) is 12.1. The van der Waals surface area contributed by atoms with Crippen molar-refractivity contribution in [2.75, 3.05) is 6.61 Å². The second kappa shape index (κ2) is 8.23. The molecule has 1 heterocycles. The third-order valence-corrected chi connectivity index (χ3v) is 8.24. The molecule has 3 nitrogen and oxygen atoms in total. The zero-order valence-electron chi connectivity index (χ0n) is 13.0. The zero-order valence-corrected chi connectivity index (χ0v) is 16.1. The van der Waals surface area contributed by atoms with Crippen molar-refractivity contribution in [3.8, 4) is 11.5 Å². The van der Waals surface area contributed by atoms with Crippen LogP contribution in [0.5, 0.6) is 11.5 Å². The van der Waals surface area contributed by atoms with Gasteiger partial charge in [0.2, 0.25) is 0 Å². The van der Waals surface area contributed by atoms with Crippen molar-refractivity contribution < 1.29 is 23.4 Å². The van der Waals surface area contributed by atoms with Crippen molar-refractivity contribution in [2.45, 2.75) is 29.1 Å². The van der Waals surface area contributed by atoms with Crippen LogP contribution in [0.3, 0.4) is 0 Å². The predicted molar refractivity (Wildman–Crippen MR) is 88.0 cm³/mol. The summed E-state index contributed by atoms with van der Waals surface area (Å²) in [7, 11) is 0. The van der Waals surface area contributed by atoms with E-state index >= 15 is 0 Å². The Morgan fingerprint density at radius 1 is 1.17 bits per heavy atom. The van der Waals surface area contributed by atoms with E-state index in [9.17, 15) is 13.9 Å². The molecule has 1 N–H and O–H groups in total. The Morgan fingerprint density at radius 3 is 2.71 bits per heavy atom. The van der Waals surface area contributed by atoms with Crippen LogP contribution in [0.25, 0.3) is 0 Å². The van der Waals surface area contributed by atoms with Gasteiger partial charge in [-0.05, 0) is 0 Å². The second-order valence-electron chi connectivity index (χ2n) is 5.62. The van der Waals surface area contributed by atoms with Crippen molar-refractivity contribution >= 4 is 26.8 Å². The Kier molecular flexibility index (Phi) is 6.02. The van der Waals surface area contributed by atoms with Crippen LogP contribution in [0.15, 0.2) is 42.5 Å². The minimum atomic E-state index is -1.08. The maximum atomic E-state index is 13.3. The number of benzene rings is 2. The summed E-state index contributed by atoms with van der Waals surface area (Å²) in [5.74, 6) is -2.50. The number of hydrogen-bond donors (Lipinski definition) is 1. The normalized spacial score (nSPS) is 20.8. The zero-order chi connectivity index (χ0) is 16.9. The fourth-order valence-corrected chi connectivity index (χ4v) is 6.30. The fourth-order valence-electron chi connectivity index (χ4n) is 2.57. The Hall–Kier alpha value is -1.24. The summed E-state index contributed by atoms with van der Waals surface area (Å²) < 4.78 is 40.3. The van der Waals surface area contributed by atoms with Gasteiger partial charge in [-0.25, -0.2) is 0 Å². The van der Waals surface area contributed by atoms with Crippen molar-refractivity contribution in [2.24, 2.45) is 0 Å². The molecular formula is C18H18F2O3Po. The first-order valence-corrected chi connectivity index (χ1v) is 11.6. The van der Waals surface area contributed by atoms with Gasteiger partial charge in [-0.2, -0.15) is 0 Å². The molecule has 0 radical (unpaired) electrons. The summed E-state index contributed by atoms with van der Waals surface area (Å²) >= 11 is -0.673. The number of rotatable bonds is 5. The van der Waals surface area contributed by atoms with Gasteiger partial charge in [0, 0.05) is 0 Å². The first-order valence-electron chi connectivity index (χ1n) is 7.76. The van der Waals surface area contributed by atoms with E-state index in [1.54, 1.807) is 0 Å². The van der Waals surface area contributed by atoms with Crippen molar-refractivity contribution in [1.82, 2.24) is 0 Å². The standard InChI is InChI=1S/C12H13F2O3.C6H5.Po/c1-7-4-8(2-3-16-7)17-12-6-10(14)9(13)5-11(12)15;1-2-4-6-5-3-1;/h5-8,15H,1-4H2;1-5H;/t7-,8?;;/m1../s1. The third kappa shape index (κ3) is 4.65. The van der Waals surface area contributed by atoms with E-state index in [2.05, 4.69) is 24.3 Å². The van der Waals surface area contributed by atoms with E-state index in [0.29, 0.717) is 19.4 Å². The monoisotopic (exact) mass is 529 g/mol. The minimum absolute atomic E-state index is 0.0118. The van der Waals surface area contributed by atoms with E-state index in [0.717, 1.165) is 16.2 Å². The molecule has 0 bridgehead atoms. The molecule has 24 heavy (non-hydrogen) atoms. The topological polar surface area (TPSA) is 38.7 Å². The van der Waals surface area contributed by atoms with Crippen LogP contribution < -0.4 is 7.96 Å². The Bertz CT molecular complexity index is 681. The third-order valence-electron chi connectivity index (χ3n) is 3.79. The van der Waals surface area contributed by atoms with Crippen LogP contribution in [0.1, 0.15) is 12.8 Å². The number of phenolic OH excluding ortho intramolecular Hbond substituents is 1. The number of phenols is 1. The SMILES string of the molecule is Oc1cc(F)c(F)cc1OC1CCO[C@H]([CH2][Po][c]2ccccc2)C1. The van der Waals surface area contributed by atoms with Crippen LogP contribution >= 0.6 is 0 Å². The van der Waals surface area contributed by atoms with E-state index in [1.807, 2.05) is 6.07 Å². The molecule has 1 fully saturated rings. The first-order chi connectivity index (χ1) is 11.6. The summed E-state index contributed by atoms with van der Waals surface area (Å²) in [5.41, 5.74) is 0. The van der Waals surface area contributed by atoms with Crippen molar-refractivity contribution in [1.29, 1.82) is 0 Å².